The molecule has 0 radical (unpaired) electrons. The van der Waals surface area contributed by atoms with Gasteiger partial charge in [0.05, 0.1) is 0 Å². The van der Waals surface area contributed by atoms with Crippen molar-refractivity contribution in [1.82, 2.24) is 15.2 Å². The fraction of sp³-hybridized carbons (Fsp3) is 0.364. The van der Waals surface area contributed by atoms with Crippen LogP contribution in [0.4, 0.5) is 0 Å². The monoisotopic (exact) mass is 349 g/mol. The molecule has 0 bridgehead atoms. The summed E-state index contributed by atoms with van der Waals surface area (Å²) in [4.78, 5) is 18.5. The Bertz CT molecular complexity index is 725. The van der Waals surface area contributed by atoms with Gasteiger partial charge in [-0.2, -0.15) is 0 Å². The number of hydrogen-bond donors (Lipinski definition) is 1. The molecule has 136 valence electrons. The van der Waals surface area contributed by atoms with Gasteiger partial charge in [0, 0.05) is 38.1 Å². The molecule has 1 fully saturated rings. The zero-order valence-electron chi connectivity index (χ0n) is 15.4. The Balaban J connectivity index is 1.45. The summed E-state index contributed by atoms with van der Waals surface area (Å²) in [6, 6.07) is 12.3. The maximum Gasteiger partial charge on any atom is 0.244 e. The minimum absolute atomic E-state index is 0.0970. The van der Waals surface area contributed by atoms with E-state index in [2.05, 4.69) is 46.4 Å². The van der Waals surface area contributed by atoms with E-state index in [0.717, 1.165) is 23.6 Å². The zero-order chi connectivity index (χ0) is 18.2. The highest BCUT2D eigenvalue weighted by Gasteiger charge is 2.15. The van der Waals surface area contributed by atoms with Crippen molar-refractivity contribution >= 4 is 12.0 Å². The molecule has 0 saturated carbocycles. The molecule has 1 aliphatic rings. The number of nitrogens with one attached hydrogen (secondary N) is 1. The van der Waals surface area contributed by atoms with Crippen molar-refractivity contribution in [2.45, 2.75) is 32.9 Å². The minimum Gasteiger partial charge on any atom is -0.348 e. The lowest BCUT2D eigenvalue weighted by Gasteiger charge is -2.30. The molecule has 3 rings (SSSR count). The number of amides is 1. The number of benzene rings is 1. The van der Waals surface area contributed by atoms with Crippen molar-refractivity contribution < 1.29 is 4.79 Å². The predicted octanol–water partition coefficient (Wildman–Crippen LogP) is 3.64. The first-order valence-corrected chi connectivity index (χ1v) is 9.35. The minimum atomic E-state index is -0.0970. The van der Waals surface area contributed by atoms with Crippen molar-refractivity contribution in [1.29, 1.82) is 0 Å². The van der Waals surface area contributed by atoms with Gasteiger partial charge in [0.2, 0.25) is 5.91 Å². The number of pyridine rings is 1. The molecule has 0 spiro atoms. The van der Waals surface area contributed by atoms with Gasteiger partial charge in [0.25, 0.3) is 0 Å². The average molecular weight is 349 g/mol. The molecule has 2 aromatic rings. The van der Waals surface area contributed by atoms with Crippen LogP contribution in [0.15, 0.2) is 54.9 Å². The molecular formula is C22H27N3O. The van der Waals surface area contributed by atoms with Crippen LogP contribution < -0.4 is 5.32 Å². The van der Waals surface area contributed by atoms with Crippen molar-refractivity contribution in [3.8, 4) is 0 Å². The van der Waals surface area contributed by atoms with E-state index in [-0.39, 0.29) is 5.91 Å². The molecule has 1 aromatic heterocycles. The highest BCUT2D eigenvalue weighted by molar-refractivity contribution is 5.91. The van der Waals surface area contributed by atoms with Crippen LogP contribution in [0.25, 0.3) is 6.08 Å². The lowest BCUT2D eigenvalue weighted by atomic mass is 9.99. The SMILES string of the molecule is CC1CCCN(Cc2ccc(CNC(=O)C=Cc3cccnc3)cc2)C1. The molecule has 1 atom stereocenters. The number of hydrogen-bond acceptors (Lipinski definition) is 3. The van der Waals surface area contributed by atoms with Gasteiger partial charge in [-0.1, -0.05) is 37.3 Å². The maximum absolute atomic E-state index is 11.9. The number of carbonyl (C=O) groups is 1. The summed E-state index contributed by atoms with van der Waals surface area (Å²) in [6.07, 6.45) is 9.41. The van der Waals surface area contributed by atoms with E-state index in [1.165, 1.54) is 31.5 Å². The number of nitrogens with zero attached hydrogens (tertiary/aromatic N) is 2. The quantitative estimate of drug-likeness (QED) is 0.810. The molecule has 1 aromatic carbocycles. The number of rotatable bonds is 6. The van der Waals surface area contributed by atoms with Crippen LogP contribution >= 0.6 is 0 Å². The van der Waals surface area contributed by atoms with Gasteiger partial charge >= 0.3 is 0 Å². The molecular weight excluding hydrogens is 322 g/mol. The summed E-state index contributed by atoms with van der Waals surface area (Å²) < 4.78 is 0. The predicted molar refractivity (Wildman–Crippen MR) is 105 cm³/mol. The van der Waals surface area contributed by atoms with Gasteiger partial charge in [-0.05, 0) is 54.1 Å². The van der Waals surface area contributed by atoms with Gasteiger partial charge in [0.1, 0.15) is 0 Å². The van der Waals surface area contributed by atoms with Crippen LogP contribution in [0, 0.1) is 5.92 Å². The molecule has 1 amide bonds. The summed E-state index contributed by atoms with van der Waals surface area (Å²) in [5, 5.41) is 2.92. The van der Waals surface area contributed by atoms with Crippen molar-refractivity contribution in [2.75, 3.05) is 13.1 Å². The van der Waals surface area contributed by atoms with E-state index >= 15 is 0 Å². The normalized spacial score (nSPS) is 18.1. The van der Waals surface area contributed by atoms with Crippen LogP contribution in [0.1, 0.15) is 36.5 Å². The first-order chi connectivity index (χ1) is 12.7. The highest BCUT2D eigenvalue weighted by atomic mass is 16.1. The van der Waals surface area contributed by atoms with Gasteiger partial charge in [-0.15, -0.1) is 0 Å². The van der Waals surface area contributed by atoms with E-state index in [4.69, 9.17) is 0 Å². The smallest absolute Gasteiger partial charge is 0.244 e. The van der Waals surface area contributed by atoms with Gasteiger partial charge in [-0.25, -0.2) is 0 Å². The lowest BCUT2D eigenvalue weighted by Crippen LogP contribution is -2.33. The third-order valence-corrected chi connectivity index (χ3v) is 4.75. The second-order valence-electron chi connectivity index (χ2n) is 7.14. The largest absolute Gasteiger partial charge is 0.348 e. The van der Waals surface area contributed by atoms with Crippen LogP contribution in [0.2, 0.25) is 0 Å². The number of carbonyl (C=O) groups excluding carboxylic acids is 1. The first kappa shape index (κ1) is 18.3. The molecule has 4 nitrogen and oxygen atoms in total. The fourth-order valence-corrected chi connectivity index (χ4v) is 3.35. The van der Waals surface area contributed by atoms with Crippen LogP contribution in [0.5, 0.6) is 0 Å². The Morgan fingerprint density at radius 3 is 2.81 bits per heavy atom. The van der Waals surface area contributed by atoms with Gasteiger partial charge in [-0.3, -0.25) is 14.7 Å². The first-order valence-electron chi connectivity index (χ1n) is 9.35. The Morgan fingerprint density at radius 2 is 2.08 bits per heavy atom. The van der Waals surface area contributed by atoms with Crippen LogP contribution in [-0.2, 0) is 17.9 Å². The molecule has 2 heterocycles. The van der Waals surface area contributed by atoms with Crippen molar-refractivity contribution in [2.24, 2.45) is 5.92 Å². The summed E-state index contributed by atoms with van der Waals surface area (Å²) >= 11 is 0. The third-order valence-electron chi connectivity index (χ3n) is 4.75. The Hall–Kier alpha value is -2.46. The van der Waals surface area contributed by atoms with Crippen LogP contribution in [-0.4, -0.2) is 28.9 Å². The Morgan fingerprint density at radius 1 is 1.27 bits per heavy atom. The summed E-state index contributed by atoms with van der Waals surface area (Å²) in [7, 11) is 0. The average Bonchev–Trinajstić information content (AvgIpc) is 2.67. The molecule has 1 aliphatic heterocycles. The topological polar surface area (TPSA) is 45.2 Å². The zero-order valence-corrected chi connectivity index (χ0v) is 15.4. The molecule has 1 unspecified atom stereocenters. The van der Waals surface area contributed by atoms with E-state index in [9.17, 15) is 4.79 Å². The maximum atomic E-state index is 11.9. The summed E-state index contributed by atoms with van der Waals surface area (Å²) in [5.41, 5.74) is 3.37. The molecule has 1 saturated heterocycles. The number of likely N-dealkylation sites (tertiary alicyclic amines) is 1. The van der Waals surface area contributed by atoms with Crippen LogP contribution in [0.3, 0.4) is 0 Å². The molecule has 4 heteroatoms. The van der Waals surface area contributed by atoms with Crippen molar-refractivity contribution in [3.63, 3.8) is 0 Å². The molecule has 26 heavy (non-hydrogen) atoms. The highest BCUT2D eigenvalue weighted by Crippen LogP contribution is 2.18. The Labute approximate surface area is 155 Å². The summed E-state index contributed by atoms with van der Waals surface area (Å²) in [5.74, 6) is 0.707. The number of aromatic nitrogens is 1. The van der Waals surface area contributed by atoms with E-state index < -0.39 is 0 Å². The third kappa shape index (κ3) is 5.81. The van der Waals surface area contributed by atoms with Crippen molar-refractivity contribution in [3.05, 3.63) is 71.6 Å². The second kappa shape index (κ2) is 9.30. The van der Waals surface area contributed by atoms with E-state index in [1.54, 1.807) is 24.5 Å². The Kier molecular flexibility index (Phi) is 6.56. The van der Waals surface area contributed by atoms with E-state index in [0.29, 0.717) is 6.54 Å². The molecule has 1 N–H and O–H groups in total. The number of piperidine rings is 1. The van der Waals surface area contributed by atoms with E-state index in [1.807, 2.05) is 12.1 Å². The summed E-state index contributed by atoms with van der Waals surface area (Å²) in [6.45, 7) is 6.29. The standard InChI is InChI=1S/C22H27N3O/c1-18-4-3-13-25(16-18)17-21-8-6-20(7-9-21)15-24-22(26)11-10-19-5-2-12-23-14-19/h2,5-12,14,18H,3-4,13,15-17H2,1H3,(H,24,26). The second-order valence-corrected chi connectivity index (χ2v) is 7.14. The fourth-order valence-electron chi connectivity index (χ4n) is 3.35. The molecule has 0 aliphatic carbocycles. The lowest BCUT2D eigenvalue weighted by molar-refractivity contribution is -0.116. The van der Waals surface area contributed by atoms with Gasteiger partial charge in [0.15, 0.2) is 0 Å². The van der Waals surface area contributed by atoms with Gasteiger partial charge < -0.3 is 5.32 Å².